The molecule has 0 radical (unpaired) electrons. The molecule has 0 aliphatic heterocycles. The number of alkyl halides is 1. The van der Waals surface area contributed by atoms with Crippen LogP contribution in [0.4, 0.5) is 0 Å². The lowest BCUT2D eigenvalue weighted by atomic mass is 10.1. The summed E-state index contributed by atoms with van der Waals surface area (Å²) in [4.78, 5) is 22.8. The highest BCUT2D eigenvalue weighted by Crippen LogP contribution is 2.23. The van der Waals surface area contributed by atoms with Crippen molar-refractivity contribution in [3.05, 3.63) is 23.8 Å². The fourth-order valence-corrected chi connectivity index (χ4v) is 1.49. The summed E-state index contributed by atoms with van der Waals surface area (Å²) >= 11 is 5.68. The van der Waals surface area contributed by atoms with Crippen LogP contribution >= 0.6 is 11.6 Å². The van der Waals surface area contributed by atoms with Gasteiger partial charge in [-0.3, -0.25) is 9.59 Å². The van der Waals surface area contributed by atoms with Gasteiger partial charge in [-0.1, -0.05) is 0 Å². The van der Waals surface area contributed by atoms with E-state index in [-0.39, 0.29) is 17.9 Å². The van der Waals surface area contributed by atoms with E-state index in [1.807, 2.05) is 0 Å². The minimum Gasteiger partial charge on any atom is -0.507 e. The van der Waals surface area contributed by atoms with Crippen molar-refractivity contribution in [3.63, 3.8) is 0 Å². The fraction of sp³-hybridized carbons (Fsp3) is 0.333. The van der Waals surface area contributed by atoms with Crippen LogP contribution < -0.4 is 10.1 Å². The number of rotatable bonds is 5. The monoisotopic (exact) mass is 287 g/mol. The number of methoxy groups -OCH3 is 2. The van der Waals surface area contributed by atoms with Gasteiger partial charge in [0.15, 0.2) is 0 Å². The predicted molar refractivity (Wildman–Crippen MR) is 68.6 cm³/mol. The molecule has 0 bridgehead atoms. The SMILES string of the molecule is COC(=O)C(Cl)CNC(=O)c1ccc(OC)cc1O. The molecule has 0 fully saturated rings. The second kappa shape index (κ2) is 6.84. The lowest BCUT2D eigenvalue weighted by Gasteiger charge is -2.10. The van der Waals surface area contributed by atoms with E-state index in [0.717, 1.165) is 0 Å². The Labute approximate surface area is 115 Å². The maximum absolute atomic E-state index is 11.8. The van der Waals surface area contributed by atoms with Crippen LogP contribution in [-0.4, -0.2) is 43.1 Å². The maximum atomic E-state index is 11.8. The molecule has 1 aromatic rings. The topological polar surface area (TPSA) is 84.9 Å². The molecule has 7 heteroatoms. The van der Waals surface area contributed by atoms with E-state index < -0.39 is 17.3 Å². The molecule has 0 saturated carbocycles. The van der Waals surface area contributed by atoms with Gasteiger partial charge in [0.1, 0.15) is 16.9 Å². The molecule has 0 heterocycles. The summed E-state index contributed by atoms with van der Waals surface area (Å²) in [6, 6.07) is 4.26. The van der Waals surface area contributed by atoms with E-state index in [1.54, 1.807) is 0 Å². The normalized spacial score (nSPS) is 11.5. The summed E-state index contributed by atoms with van der Waals surface area (Å²) in [6.45, 7) is -0.0987. The van der Waals surface area contributed by atoms with Gasteiger partial charge < -0.3 is 19.9 Å². The Morgan fingerprint density at radius 2 is 2.11 bits per heavy atom. The van der Waals surface area contributed by atoms with Crippen LogP contribution in [0, 0.1) is 0 Å². The molecular weight excluding hydrogens is 274 g/mol. The number of phenols is 1. The number of carbonyl (C=O) groups is 2. The molecule has 19 heavy (non-hydrogen) atoms. The quantitative estimate of drug-likeness (QED) is 0.621. The summed E-state index contributed by atoms with van der Waals surface area (Å²) in [7, 11) is 2.65. The largest absolute Gasteiger partial charge is 0.507 e. The molecule has 1 amide bonds. The molecule has 0 saturated heterocycles. The number of ether oxygens (including phenoxy) is 2. The summed E-state index contributed by atoms with van der Waals surface area (Å²) in [5, 5.41) is 11.1. The van der Waals surface area contributed by atoms with Crippen LogP contribution in [0.3, 0.4) is 0 Å². The smallest absolute Gasteiger partial charge is 0.325 e. The van der Waals surface area contributed by atoms with Crippen LogP contribution in [0.15, 0.2) is 18.2 Å². The van der Waals surface area contributed by atoms with Crippen molar-refractivity contribution in [2.45, 2.75) is 5.38 Å². The predicted octanol–water partition coefficient (Wildman–Crippen LogP) is 0.911. The molecular formula is C12H14ClNO5. The highest BCUT2D eigenvalue weighted by atomic mass is 35.5. The van der Waals surface area contributed by atoms with Crippen LogP contribution in [0.5, 0.6) is 11.5 Å². The number of amides is 1. The van der Waals surface area contributed by atoms with Gasteiger partial charge in [0.2, 0.25) is 0 Å². The first-order valence-corrected chi connectivity index (χ1v) is 5.80. The highest BCUT2D eigenvalue weighted by molar-refractivity contribution is 6.30. The number of hydrogen-bond acceptors (Lipinski definition) is 5. The maximum Gasteiger partial charge on any atom is 0.325 e. The van der Waals surface area contributed by atoms with Crippen molar-refractivity contribution in [2.24, 2.45) is 0 Å². The average molecular weight is 288 g/mol. The molecule has 0 aliphatic rings. The van der Waals surface area contributed by atoms with Crippen molar-refractivity contribution in [1.29, 1.82) is 0 Å². The zero-order valence-corrected chi connectivity index (χ0v) is 11.2. The van der Waals surface area contributed by atoms with Crippen molar-refractivity contribution < 1.29 is 24.2 Å². The average Bonchev–Trinajstić information content (AvgIpc) is 2.43. The molecule has 1 aromatic carbocycles. The minimum atomic E-state index is -0.977. The Morgan fingerprint density at radius 3 is 2.63 bits per heavy atom. The van der Waals surface area contributed by atoms with Crippen molar-refractivity contribution in [1.82, 2.24) is 5.32 Å². The number of hydrogen-bond donors (Lipinski definition) is 2. The third-order valence-corrected chi connectivity index (χ3v) is 2.68. The minimum absolute atomic E-state index is 0.0644. The molecule has 104 valence electrons. The summed E-state index contributed by atoms with van der Waals surface area (Å²) < 4.78 is 9.32. The van der Waals surface area contributed by atoms with Gasteiger partial charge in [0.05, 0.1) is 19.8 Å². The zero-order chi connectivity index (χ0) is 14.4. The Morgan fingerprint density at radius 1 is 1.42 bits per heavy atom. The van der Waals surface area contributed by atoms with Gasteiger partial charge in [-0.2, -0.15) is 0 Å². The molecule has 6 nitrogen and oxygen atoms in total. The fourth-order valence-electron chi connectivity index (χ4n) is 1.32. The first-order valence-electron chi connectivity index (χ1n) is 5.36. The van der Waals surface area contributed by atoms with Crippen molar-refractivity contribution >= 4 is 23.5 Å². The molecule has 1 unspecified atom stereocenters. The zero-order valence-electron chi connectivity index (χ0n) is 10.5. The van der Waals surface area contributed by atoms with Gasteiger partial charge >= 0.3 is 5.97 Å². The second-order valence-corrected chi connectivity index (χ2v) is 4.11. The molecule has 2 N–H and O–H groups in total. The molecule has 0 spiro atoms. The van der Waals surface area contributed by atoms with E-state index in [2.05, 4.69) is 10.1 Å². The van der Waals surface area contributed by atoms with E-state index in [9.17, 15) is 14.7 Å². The van der Waals surface area contributed by atoms with Gasteiger partial charge in [-0.15, -0.1) is 11.6 Å². The number of nitrogens with one attached hydrogen (secondary N) is 1. The van der Waals surface area contributed by atoms with E-state index >= 15 is 0 Å². The third-order valence-electron chi connectivity index (χ3n) is 2.35. The number of esters is 1. The van der Waals surface area contributed by atoms with Gasteiger partial charge in [0.25, 0.3) is 5.91 Å². The second-order valence-electron chi connectivity index (χ2n) is 3.58. The first kappa shape index (κ1) is 15.1. The number of halogens is 1. The molecule has 1 rings (SSSR count). The Kier molecular flexibility index (Phi) is 5.44. The van der Waals surface area contributed by atoms with Gasteiger partial charge in [0, 0.05) is 12.6 Å². The molecule has 0 aromatic heterocycles. The number of carbonyl (C=O) groups excluding carboxylic acids is 2. The first-order chi connectivity index (χ1) is 8.99. The number of phenolic OH excluding ortho intramolecular Hbond substituents is 1. The number of benzene rings is 1. The van der Waals surface area contributed by atoms with E-state index in [4.69, 9.17) is 16.3 Å². The van der Waals surface area contributed by atoms with Crippen LogP contribution in [-0.2, 0) is 9.53 Å². The summed E-state index contributed by atoms with van der Waals surface area (Å²) in [6.07, 6.45) is 0. The Hall–Kier alpha value is -1.95. The lowest BCUT2D eigenvalue weighted by Crippen LogP contribution is -2.34. The van der Waals surface area contributed by atoms with Gasteiger partial charge in [-0.25, -0.2) is 0 Å². The van der Waals surface area contributed by atoms with Gasteiger partial charge in [-0.05, 0) is 12.1 Å². The lowest BCUT2D eigenvalue weighted by molar-refractivity contribution is -0.140. The Bertz CT molecular complexity index is 477. The van der Waals surface area contributed by atoms with Crippen LogP contribution in [0.2, 0.25) is 0 Å². The summed E-state index contributed by atoms with van der Waals surface area (Å²) in [5.74, 6) is -0.976. The van der Waals surface area contributed by atoms with E-state index in [0.29, 0.717) is 5.75 Å². The highest BCUT2D eigenvalue weighted by Gasteiger charge is 2.18. The van der Waals surface area contributed by atoms with Crippen molar-refractivity contribution in [2.75, 3.05) is 20.8 Å². The Balaban J connectivity index is 2.66. The molecule has 1 atom stereocenters. The van der Waals surface area contributed by atoms with Crippen LogP contribution in [0.25, 0.3) is 0 Å². The third kappa shape index (κ3) is 4.03. The van der Waals surface area contributed by atoms with Crippen molar-refractivity contribution in [3.8, 4) is 11.5 Å². The van der Waals surface area contributed by atoms with Crippen LogP contribution in [0.1, 0.15) is 10.4 Å². The van der Waals surface area contributed by atoms with E-state index in [1.165, 1.54) is 32.4 Å². The number of aromatic hydroxyl groups is 1. The summed E-state index contributed by atoms with van der Waals surface area (Å²) in [5.41, 5.74) is 0.0644. The standard InChI is InChI=1S/C12H14ClNO5/c1-18-7-3-4-8(10(15)5-7)11(16)14-6-9(13)12(17)19-2/h3-5,9,15H,6H2,1-2H3,(H,14,16). The molecule has 0 aliphatic carbocycles.